The molecule has 2 aliphatic heterocycles. The summed E-state index contributed by atoms with van der Waals surface area (Å²) in [5, 5.41) is 10.1. The highest BCUT2D eigenvalue weighted by atomic mass is 32.2. The number of phenols is 1. The van der Waals surface area contributed by atoms with Crippen LogP contribution in [0.5, 0.6) is 17.2 Å². The first-order valence-corrected chi connectivity index (χ1v) is 12.7. The average molecular weight is 462 g/mol. The van der Waals surface area contributed by atoms with Crippen molar-refractivity contribution in [1.82, 2.24) is 4.90 Å². The van der Waals surface area contributed by atoms with Crippen LogP contribution >= 0.6 is 11.8 Å². The number of nitrogens with zero attached hydrogens (tertiary/aromatic N) is 1. The molecule has 3 aromatic carbocycles. The molecule has 0 saturated carbocycles. The summed E-state index contributed by atoms with van der Waals surface area (Å²) in [4.78, 5) is 3.54. The van der Waals surface area contributed by atoms with Crippen molar-refractivity contribution in [2.24, 2.45) is 0 Å². The lowest BCUT2D eigenvalue weighted by Crippen LogP contribution is -2.33. The van der Waals surface area contributed by atoms with E-state index in [0.29, 0.717) is 6.61 Å². The quantitative estimate of drug-likeness (QED) is 0.452. The molecule has 1 saturated heterocycles. The van der Waals surface area contributed by atoms with Gasteiger partial charge in [0.05, 0.1) is 10.1 Å². The fourth-order valence-corrected chi connectivity index (χ4v) is 5.83. The van der Waals surface area contributed by atoms with Crippen molar-refractivity contribution >= 4 is 11.8 Å². The Hall–Kier alpha value is -2.63. The van der Waals surface area contributed by atoms with E-state index >= 15 is 0 Å². The van der Waals surface area contributed by atoms with Crippen LogP contribution in [0.1, 0.15) is 47.3 Å². The summed E-state index contributed by atoms with van der Waals surface area (Å²) in [5.74, 6) is 1.85. The Morgan fingerprint density at radius 2 is 1.67 bits per heavy atom. The van der Waals surface area contributed by atoms with Gasteiger partial charge in [0.2, 0.25) is 0 Å². The Morgan fingerprint density at radius 3 is 2.42 bits per heavy atom. The number of fused-ring (bicyclic) bond motifs is 1. The smallest absolute Gasteiger partial charge is 0.140 e. The van der Waals surface area contributed by atoms with Gasteiger partial charge in [0.1, 0.15) is 30.0 Å². The minimum absolute atomic E-state index is 0.119. The summed E-state index contributed by atoms with van der Waals surface area (Å²) in [6.45, 7) is 6.19. The van der Waals surface area contributed by atoms with Gasteiger partial charge in [0.25, 0.3) is 0 Å². The second-order valence-electron chi connectivity index (χ2n) is 8.94. The van der Waals surface area contributed by atoms with Crippen molar-refractivity contribution in [2.45, 2.75) is 42.4 Å². The fourth-order valence-electron chi connectivity index (χ4n) is 4.55. The highest BCUT2D eigenvalue weighted by Gasteiger charge is 2.33. The van der Waals surface area contributed by atoms with E-state index in [1.807, 2.05) is 18.2 Å². The molecule has 0 aliphatic carbocycles. The summed E-state index contributed by atoms with van der Waals surface area (Å²) in [7, 11) is 0. The zero-order valence-corrected chi connectivity index (χ0v) is 19.9. The molecule has 2 atom stereocenters. The molecule has 4 nitrogen and oxygen atoms in total. The van der Waals surface area contributed by atoms with Crippen molar-refractivity contribution in [3.8, 4) is 17.2 Å². The first kappa shape index (κ1) is 22.2. The van der Waals surface area contributed by atoms with Crippen molar-refractivity contribution in [2.75, 3.05) is 26.2 Å². The lowest BCUT2D eigenvalue weighted by atomic mass is 9.99. The van der Waals surface area contributed by atoms with Crippen LogP contribution in [0.3, 0.4) is 0 Å². The molecule has 2 aliphatic rings. The number of hydrogen-bond acceptors (Lipinski definition) is 5. The van der Waals surface area contributed by atoms with Crippen LogP contribution in [0.4, 0.5) is 0 Å². The number of benzene rings is 3. The second-order valence-corrected chi connectivity index (χ2v) is 10.1. The van der Waals surface area contributed by atoms with Crippen molar-refractivity contribution in [3.63, 3.8) is 0 Å². The Labute approximate surface area is 200 Å². The van der Waals surface area contributed by atoms with Gasteiger partial charge in [0, 0.05) is 12.6 Å². The molecule has 5 rings (SSSR count). The van der Waals surface area contributed by atoms with Crippen LogP contribution in [0.2, 0.25) is 0 Å². The highest BCUT2D eigenvalue weighted by molar-refractivity contribution is 7.99. The van der Waals surface area contributed by atoms with Crippen LogP contribution in [-0.4, -0.2) is 36.2 Å². The SMILES string of the molecule is Cc1ccc([C@@H]2Sc3ccc(O)cc3O[C@@H]2c2ccc(OCCN3CCCCC3)cc2)cc1. The Balaban J connectivity index is 1.33. The van der Waals surface area contributed by atoms with Gasteiger partial charge in [-0.3, -0.25) is 4.90 Å². The van der Waals surface area contributed by atoms with E-state index in [1.165, 1.54) is 43.5 Å². The molecule has 0 unspecified atom stereocenters. The number of aryl methyl sites for hydroxylation is 1. The molecule has 3 aromatic rings. The predicted molar refractivity (Wildman–Crippen MR) is 133 cm³/mol. The maximum Gasteiger partial charge on any atom is 0.140 e. The largest absolute Gasteiger partial charge is 0.508 e. The van der Waals surface area contributed by atoms with Crippen LogP contribution < -0.4 is 9.47 Å². The zero-order valence-electron chi connectivity index (χ0n) is 19.1. The van der Waals surface area contributed by atoms with Gasteiger partial charge in [-0.05, 0) is 68.2 Å². The van der Waals surface area contributed by atoms with E-state index in [9.17, 15) is 5.11 Å². The maximum absolute atomic E-state index is 9.96. The van der Waals surface area contributed by atoms with Crippen molar-refractivity contribution in [1.29, 1.82) is 0 Å². The second kappa shape index (κ2) is 10.1. The lowest BCUT2D eigenvalue weighted by Gasteiger charge is -2.34. The third-order valence-corrected chi connectivity index (χ3v) is 7.81. The predicted octanol–water partition coefficient (Wildman–Crippen LogP) is 6.53. The standard InChI is InChI=1S/C28H31NO3S/c1-20-5-7-22(8-6-20)28-27(32-25-19-23(30)11-14-26(25)33-28)21-9-12-24(13-10-21)31-18-17-29-15-3-2-4-16-29/h5-14,19,27-28,30H,2-4,15-18H2,1H3/t27-,28+/m1/s1. The number of likely N-dealkylation sites (tertiary alicyclic amines) is 1. The van der Waals surface area contributed by atoms with Crippen molar-refractivity contribution in [3.05, 3.63) is 83.4 Å². The van der Waals surface area contributed by atoms with Gasteiger partial charge in [-0.25, -0.2) is 0 Å². The van der Waals surface area contributed by atoms with Crippen LogP contribution in [0, 0.1) is 6.92 Å². The molecule has 0 amide bonds. The Morgan fingerprint density at radius 1 is 0.939 bits per heavy atom. The zero-order chi connectivity index (χ0) is 22.6. The number of ether oxygens (including phenoxy) is 2. The van der Waals surface area contributed by atoms with Gasteiger partial charge < -0.3 is 14.6 Å². The molecule has 172 valence electrons. The highest BCUT2D eigenvalue weighted by Crippen LogP contribution is 2.53. The van der Waals surface area contributed by atoms with E-state index in [2.05, 4.69) is 48.2 Å². The summed E-state index contributed by atoms with van der Waals surface area (Å²) < 4.78 is 12.5. The van der Waals surface area contributed by atoms with Crippen LogP contribution in [0.25, 0.3) is 0 Å². The Kier molecular flexibility index (Phi) is 6.79. The van der Waals surface area contributed by atoms with Gasteiger partial charge in [-0.15, -0.1) is 11.8 Å². The minimum Gasteiger partial charge on any atom is -0.508 e. The van der Waals surface area contributed by atoms with Crippen LogP contribution in [0.15, 0.2) is 71.6 Å². The van der Waals surface area contributed by atoms with E-state index in [4.69, 9.17) is 9.47 Å². The van der Waals surface area contributed by atoms with Crippen LogP contribution in [-0.2, 0) is 0 Å². The number of thioether (sulfide) groups is 1. The third kappa shape index (κ3) is 5.31. The molecule has 0 aromatic heterocycles. The number of rotatable bonds is 6. The summed E-state index contributed by atoms with van der Waals surface area (Å²) >= 11 is 1.79. The number of phenolic OH excluding ortho intramolecular Hbond substituents is 1. The summed E-state index contributed by atoms with van der Waals surface area (Å²) in [6, 6.07) is 22.3. The molecule has 0 radical (unpaired) electrons. The summed E-state index contributed by atoms with van der Waals surface area (Å²) in [5.41, 5.74) is 3.58. The van der Waals surface area contributed by atoms with E-state index < -0.39 is 0 Å². The number of hydrogen-bond donors (Lipinski definition) is 1. The average Bonchev–Trinajstić information content (AvgIpc) is 2.85. The first-order valence-electron chi connectivity index (χ1n) is 11.8. The lowest BCUT2D eigenvalue weighted by molar-refractivity contribution is 0.182. The first-order chi connectivity index (χ1) is 16.2. The monoisotopic (exact) mass is 461 g/mol. The molecular weight excluding hydrogens is 430 g/mol. The van der Waals surface area contributed by atoms with Gasteiger partial charge in [0.15, 0.2) is 0 Å². The number of aromatic hydroxyl groups is 1. The molecule has 0 spiro atoms. The van der Waals surface area contributed by atoms with Gasteiger partial charge >= 0.3 is 0 Å². The molecule has 1 fully saturated rings. The third-order valence-electron chi connectivity index (χ3n) is 6.45. The number of piperidine rings is 1. The molecule has 33 heavy (non-hydrogen) atoms. The minimum atomic E-state index is -0.158. The van der Waals surface area contributed by atoms with E-state index in [1.54, 1.807) is 23.9 Å². The molecule has 2 heterocycles. The molecule has 1 N–H and O–H groups in total. The maximum atomic E-state index is 9.96. The van der Waals surface area contributed by atoms with Crippen molar-refractivity contribution < 1.29 is 14.6 Å². The fraction of sp³-hybridized carbons (Fsp3) is 0.357. The molecule has 0 bridgehead atoms. The normalized spacial score (nSPS) is 20.6. The van der Waals surface area contributed by atoms with E-state index in [0.717, 1.165) is 28.5 Å². The van der Waals surface area contributed by atoms with E-state index in [-0.39, 0.29) is 17.1 Å². The Bertz CT molecular complexity index is 1060. The summed E-state index contributed by atoms with van der Waals surface area (Å²) in [6.07, 6.45) is 3.80. The molecular formula is C28H31NO3S. The topological polar surface area (TPSA) is 41.9 Å². The van der Waals surface area contributed by atoms with Gasteiger partial charge in [-0.2, -0.15) is 0 Å². The van der Waals surface area contributed by atoms with Gasteiger partial charge in [-0.1, -0.05) is 48.4 Å². The molecule has 5 heteroatoms.